The molecule has 6 heteroatoms. The van der Waals surface area contributed by atoms with Crippen molar-refractivity contribution in [2.24, 2.45) is 0 Å². The number of rotatable bonds is 4. The van der Waals surface area contributed by atoms with E-state index in [1.807, 2.05) is 32.0 Å². The maximum Gasteiger partial charge on any atom is 0.416 e. The number of anilines is 1. The smallest absolute Gasteiger partial charge is 0.374 e. The van der Waals surface area contributed by atoms with Crippen LogP contribution in [0.2, 0.25) is 0 Å². The van der Waals surface area contributed by atoms with Crippen molar-refractivity contribution in [1.82, 2.24) is 10.2 Å². The molecule has 25 heavy (non-hydrogen) atoms. The maximum absolute atomic E-state index is 13.5. The molecule has 0 saturated heterocycles. The molecule has 1 unspecified atom stereocenters. The Morgan fingerprint density at radius 2 is 1.72 bits per heavy atom. The average Bonchev–Trinajstić information content (AvgIpc) is 3.05. The SMILES string of the molecule is Cc1cc(C)cc(NC(c2cn[nH]c2)c2ccccc2C(F)(F)F)c1. The molecule has 3 rings (SSSR count). The molecule has 1 heterocycles. The van der Waals surface area contributed by atoms with Gasteiger partial charge in [0.05, 0.1) is 17.8 Å². The van der Waals surface area contributed by atoms with Crippen LogP contribution in [0.5, 0.6) is 0 Å². The molecular weight excluding hydrogens is 327 g/mol. The summed E-state index contributed by atoms with van der Waals surface area (Å²) in [6.07, 6.45) is -1.29. The summed E-state index contributed by atoms with van der Waals surface area (Å²) in [4.78, 5) is 0. The molecule has 0 radical (unpaired) electrons. The topological polar surface area (TPSA) is 40.7 Å². The van der Waals surface area contributed by atoms with Crippen molar-refractivity contribution < 1.29 is 13.2 Å². The van der Waals surface area contributed by atoms with Crippen molar-refractivity contribution in [3.05, 3.63) is 82.7 Å². The molecule has 0 spiro atoms. The minimum absolute atomic E-state index is 0.163. The first kappa shape index (κ1) is 17.1. The van der Waals surface area contributed by atoms with E-state index in [4.69, 9.17) is 0 Å². The van der Waals surface area contributed by atoms with Crippen LogP contribution in [0, 0.1) is 13.8 Å². The van der Waals surface area contributed by atoms with Crippen LogP contribution in [-0.4, -0.2) is 10.2 Å². The van der Waals surface area contributed by atoms with Crippen molar-refractivity contribution in [3.63, 3.8) is 0 Å². The average molecular weight is 345 g/mol. The Morgan fingerprint density at radius 3 is 2.32 bits per heavy atom. The molecular formula is C19H18F3N3. The van der Waals surface area contributed by atoms with Gasteiger partial charge in [0, 0.05) is 17.4 Å². The third kappa shape index (κ3) is 3.84. The van der Waals surface area contributed by atoms with E-state index in [2.05, 4.69) is 15.5 Å². The number of benzene rings is 2. The van der Waals surface area contributed by atoms with Crippen LogP contribution in [0.4, 0.5) is 18.9 Å². The van der Waals surface area contributed by atoms with Crippen molar-refractivity contribution in [3.8, 4) is 0 Å². The quantitative estimate of drug-likeness (QED) is 0.678. The third-order valence-corrected chi connectivity index (χ3v) is 3.96. The third-order valence-electron chi connectivity index (χ3n) is 3.96. The Bertz CT molecular complexity index is 834. The Morgan fingerprint density at radius 1 is 1.04 bits per heavy atom. The molecule has 1 aromatic heterocycles. The molecule has 2 N–H and O–H groups in total. The highest BCUT2D eigenvalue weighted by Gasteiger charge is 2.35. The zero-order valence-corrected chi connectivity index (χ0v) is 13.9. The predicted molar refractivity (Wildman–Crippen MR) is 91.4 cm³/mol. The highest BCUT2D eigenvalue weighted by atomic mass is 19.4. The summed E-state index contributed by atoms with van der Waals surface area (Å²) in [6, 6.07) is 10.8. The molecule has 2 aromatic carbocycles. The number of aryl methyl sites for hydroxylation is 2. The van der Waals surface area contributed by atoms with Gasteiger partial charge in [0.25, 0.3) is 0 Å². The van der Waals surface area contributed by atoms with Crippen LogP contribution in [0.15, 0.2) is 54.9 Å². The summed E-state index contributed by atoms with van der Waals surface area (Å²) < 4.78 is 40.4. The van der Waals surface area contributed by atoms with Gasteiger partial charge in [-0.3, -0.25) is 5.10 Å². The molecule has 0 amide bonds. The van der Waals surface area contributed by atoms with Gasteiger partial charge >= 0.3 is 6.18 Å². The minimum Gasteiger partial charge on any atom is -0.374 e. The number of alkyl halides is 3. The van der Waals surface area contributed by atoms with Gasteiger partial charge in [-0.15, -0.1) is 0 Å². The van der Waals surface area contributed by atoms with Crippen LogP contribution in [0.1, 0.15) is 33.9 Å². The fraction of sp³-hybridized carbons (Fsp3) is 0.211. The first-order valence-electron chi connectivity index (χ1n) is 7.84. The number of H-pyrrole nitrogens is 1. The van der Waals surface area contributed by atoms with Gasteiger partial charge in [0.2, 0.25) is 0 Å². The molecule has 0 aliphatic carbocycles. The second kappa shape index (κ2) is 6.63. The molecule has 3 nitrogen and oxygen atoms in total. The largest absolute Gasteiger partial charge is 0.416 e. The van der Waals surface area contributed by atoms with Gasteiger partial charge in [-0.2, -0.15) is 18.3 Å². The van der Waals surface area contributed by atoms with E-state index in [9.17, 15) is 13.2 Å². The van der Waals surface area contributed by atoms with Gasteiger partial charge in [-0.25, -0.2) is 0 Å². The van der Waals surface area contributed by atoms with Crippen molar-refractivity contribution in [1.29, 1.82) is 0 Å². The normalized spacial score (nSPS) is 12.8. The number of hydrogen-bond acceptors (Lipinski definition) is 2. The van der Waals surface area contributed by atoms with Gasteiger partial charge in [-0.05, 0) is 48.7 Å². The van der Waals surface area contributed by atoms with Gasteiger partial charge < -0.3 is 5.32 Å². The van der Waals surface area contributed by atoms with Gasteiger partial charge in [0.15, 0.2) is 0 Å². The molecule has 1 atom stereocenters. The lowest BCUT2D eigenvalue weighted by molar-refractivity contribution is -0.138. The summed E-state index contributed by atoms with van der Waals surface area (Å²) in [5, 5.41) is 9.80. The van der Waals surface area contributed by atoms with Crippen LogP contribution < -0.4 is 5.32 Å². The van der Waals surface area contributed by atoms with Crippen LogP contribution in [-0.2, 0) is 6.18 Å². The summed E-state index contributed by atoms with van der Waals surface area (Å²) in [5.74, 6) is 0. The van der Waals surface area contributed by atoms with E-state index >= 15 is 0 Å². The zero-order chi connectivity index (χ0) is 18.0. The Hall–Kier alpha value is -2.76. The molecule has 3 aromatic rings. The highest BCUT2D eigenvalue weighted by Crippen LogP contribution is 2.37. The molecule has 0 aliphatic heterocycles. The standard InChI is InChI=1S/C19H18F3N3/c1-12-7-13(2)9-15(8-12)25-18(14-10-23-24-11-14)16-5-3-4-6-17(16)19(20,21)22/h3-11,18,25H,1-2H3,(H,23,24). The van der Waals surface area contributed by atoms with E-state index in [-0.39, 0.29) is 5.56 Å². The summed E-state index contributed by atoms with van der Waals surface area (Å²) >= 11 is 0. The van der Waals surface area contributed by atoms with E-state index in [0.717, 1.165) is 22.9 Å². The minimum atomic E-state index is -4.43. The number of nitrogens with zero attached hydrogens (tertiary/aromatic N) is 1. The monoisotopic (exact) mass is 345 g/mol. The Labute approximate surface area is 143 Å². The van der Waals surface area contributed by atoms with Gasteiger partial charge in [-0.1, -0.05) is 24.3 Å². The van der Waals surface area contributed by atoms with Crippen molar-refractivity contribution >= 4 is 5.69 Å². The fourth-order valence-corrected chi connectivity index (χ4v) is 2.99. The number of aromatic nitrogens is 2. The Balaban J connectivity index is 2.09. The van der Waals surface area contributed by atoms with E-state index in [1.54, 1.807) is 12.3 Å². The highest BCUT2D eigenvalue weighted by molar-refractivity contribution is 5.53. The predicted octanol–water partition coefficient (Wildman–Crippen LogP) is 5.25. The number of hydrogen-bond donors (Lipinski definition) is 2. The van der Waals surface area contributed by atoms with E-state index < -0.39 is 17.8 Å². The lowest BCUT2D eigenvalue weighted by atomic mass is 9.95. The maximum atomic E-state index is 13.5. The zero-order valence-electron chi connectivity index (χ0n) is 13.9. The summed E-state index contributed by atoms with van der Waals surface area (Å²) in [5.41, 5.74) is 2.99. The number of halogens is 3. The van der Waals surface area contributed by atoms with Crippen LogP contribution in [0.25, 0.3) is 0 Å². The number of aromatic amines is 1. The lowest BCUT2D eigenvalue weighted by Gasteiger charge is -2.23. The van der Waals surface area contributed by atoms with E-state index in [0.29, 0.717) is 5.56 Å². The fourth-order valence-electron chi connectivity index (χ4n) is 2.99. The molecule has 130 valence electrons. The van der Waals surface area contributed by atoms with Crippen LogP contribution in [0.3, 0.4) is 0 Å². The molecule has 0 fully saturated rings. The Kier molecular flexibility index (Phi) is 4.53. The molecule has 0 saturated carbocycles. The van der Waals surface area contributed by atoms with Crippen molar-refractivity contribution in [2.75, 3.05) is 5.32 Å². The first-order valence-corrected chi connectivity index (χ1v) is 7.84. The molecule has 0 aliphatic rings. The van der Waals surface area contributed by atoms with Gasteiger partial charge in [0.1, 0.15) is 0 Å². The summed E-state index contributed by atoms with van der Waals surface area (Å²) in [6.45, 7) is 3.91. The van der Waals surface area contributed by atoms with E-state index in [1.165, 1.54) is 18.3 Å². The summed E-state index contributed by atoms with van der Waals surface area (Å²) in [7, 11) is 0. The second-order valence-electron chi connectivity index (χ2n) is 6.07. The van der Waals surface area contributed by atoms with Crippen molar-refractivity contribution in [2.45, 2.75) is 26.1 Å². The first-order chi connectivity index (χ1) is 11.8. The van der Waals surface area contributed by atoms with Crippen LogP contribution >= 0.6 is 0 Å². The number of nitrogens with one attached hydrogen (secondary N) is 2. The lowest BCUT2D eigenvalue weighted by Crippen LogP contribution is -2.18. The second-order valence-corrected chi connectivity index (χ2v) is 6.07. The molecule has 0 bridgehead atoms.